The highest BCUT2D eigenvalue weighted by atomic mass is 32.2. The lowest BCUT2D eigenvalue weighted by Gasteiger charge is -2.24. The zero-order valence-corrected chi connectivity index (χ0v) is 23.5. The summed E-state index contributed by atoms with van der Waals surface area (Å²) >= 11 is 0. The number of amides is 2. The van der Waals surface area contributed by atoms with Gasteiger partial charge < -0.3 is 10.1 Å². The van der Waals surface area contributed by atoms with Crippen molar-refractivity contribution in [2.75, 3.05) is 22.8 Å². The second kappa shape index (κ2) is 13.4. The molecule has 0 unspecified atom stereocenters. The molecule has 4 aromatic carbocycles. The van der Waals surface area contributed by atoms with Crippen LogP contribution >= 0.6 is 0 Å². The fourth-order valence-corrected chi connectivity index (χ4v) is 5.15. The standard InChI is InChI=1S/C31H30N4O5S/c1-23-8-14-27(15-9-23)35(41(38,39)29-18-10-24(2)11-19-29)21-30(36)34-32-20-25-12-16-28(17-13-25)40-22-31(37)33-26-6-4-3-5-7-26/h3-20H,21-22H2,1-2H3,(H,33,37)(H,34,36)/b32-20-. The number of anilines is 2. The van der Waals surface area contributed by atoms with Gasteiger partial charge in [-0.15, -0.1) is 0 Å². The van der Waals surface area contributed by atoms with Crippen molar-refractivity contribution >= 4 is 39.4 Å². The average molecular weight is 571 g/mol. The van der Waals surface area contributed by atoms with Crippen LogP contribution in [-0.2, 0) is 19.6 Å². The van der Waals surface area contributed by atoms with E-state index in [0.29, 0.717) is 22.7 Å². The summed E-state index contributed by atoms with van der Waals surface area (Å²) in [5.41, 5.74) is 5.99. The minimum Gasteiger partial charge on any atom is -0.484 e. The summed E-state index contributed by atoms with van der Waals surface area (Å²) < 4.78 is 33.5. The highest BCUT2D eigenvalue weighted by Crippen LogP contribution is 2.24. The van der Waals surface area contributed by atoms with E-state index >= 15 is 0 Å². The number of hydrazone groups is 1. The van der Waals surface area contributed by atoms with E-state index in [1.807, 2.05) is 32.0 Å². The lowest BCUT2D eigenvalue weighted by atomic mass is 10.2. The Morgan fingerprint density at radius 2 is 1.41 bits per heavy atom. The van der Waals surface area contributed by atoms with Crippen LogP contribution in [0.25, 0.3) is 0 Å². The van der Waals surface area contributed by atoms with Gasteiger partial charge in [0.05, 0.1) is 16.8 Å². The molecule has 0 radical (unpaired) electrons. The first kappa shape index (κ1) is 29.0. The summed E-state index contributed by atoms with van der Waals surface area (Å²) in [7, 11) is -4.01. The number of nitrogens with zero attached hydrogens (tertiary/aromatic N) is 2. The van der Waals surface area contributed by atoms with Crippen LogP contribution in [0.5, 0.6) is 5.75 Å². The number of rotatable bonds is 11. The maximum atomic E-state index is 13.4. The number of para-hydroxylation sites is 1. The molecule has 0 atom stereocenters. The normalized spacial score (nSPS) is 11.2. The lowest BCUT2D eigenvalue weighted by Crippen LogP contribution is -2.39. The van der Waals surface area contributed by atoms with Crippen molar-refractivity contribution in [2.24, 2.45) is 5.10 Å². The molecular formula is C31H30N4O5S. The maximum absolute atomic E-state index is 13.4. The Bertz CT molecular complexity index is 1600. The van der Waals surface area contributed by atoms with E-state index in [4.69, 9.17) is 4.74 Å². The number of carbonyl (C=O) groups is 2. The van der Waals surface area contributed by atoms with Crippen molar-refractivity contribution in [3.8, 4) is 5.75 Å². The van der Waals surface area contributed by atoms with Crippen LogP contribution in [0.1, 0.15) is 16.7 Å². The molecule has 0 aliphatic rings. The van der Waals surface area contributed by atoms with E-state index in [-0.39, 0.29) is 17.4 Å². The zero-order valence-electron chi connectivity index (χ0n) is 22.7. The molecule has 0 saturated heterocycles. The molecule has 2 amide bonds. The molecule has 0 aromatic heterocycles. The summed E-state index contributed by atoms with van der Waals surface area (Å²) in [4.78, 5) is 24.9. The zero-order chi connectivity index (χ0) is 29.2. The Morgan fingerprint density at radius 1 is 0.805 bits per heavy atom. The Hall–Kier alpha value is -4.96. The van der Waals surface area contributed by atoms with Gasteiger partial charge in [0.25, 0.3) is 21.8 Å². The molecule has 2 N–H and O–H groups in total. The number of carbonyl (C=O) groups excluding carboxylic acids is 2. The van der Waals surface area contributed by atoms with E-state index in [1.165, 1.54) is 18.3 Å². The van der Waals surface area contributed by atoms with E-state index in [0.717, 1.165) is 15.4 Å². The molecular weight excluding hydrogens is 540 g/mol. The molecule has 0 aliphatic heterocycles. The van der Waals surface area contributed by atoms with Gasteiger partial charge in [-0.1, -0.05) is 53.6 Å². The van der Waals surface area contributed by atoms with Gasteiger partial charge in [-0.05, 0) is 80.1 Å². The van der Waals surface area contributed by atoms with E-state index in [1.54, 1.807) is 72.8 Å². The summed E-state index contributed by atoms with van der Waals surface area (Å²) in [6.07, 6.45) is 1.43. The quantitative estimate of drug-likeness (QED) is 0.201. The van der Waals surface area contributed by atoms with E-state index < -0.39 is 22.5 Å². The number of aryl methyl sites for hydroxylation is 2. The van der Waals surface area contributed by atoms with Gasteiger partial charge in [-0.3, -0.25) is 13.9 Å². The first-order valence-corrected chi connectivity index (χ1v) is 14.2. The minimum atomic E-state index is -4.01. The molecule has 210 valence electrons. The number of benzene rings is 4. The molecule has 0 fully saturated rings. The summed E-state index contributed by atoms with van der Waals surface area (Å²) in [5, 5.41) is 6.71. The number of hydrogen-bond acceptors (Lipinski definition) is 6. The van der Waals surface area contributed by atoms with Crippen LogP contribution in [0.15, 0.2) is 113 Å². The van der Waals surface area contributed by atoms with Crippen molar-refractivity contribution in [1.29, 1.82) is 0 Å². The monoisotopic (exact) mass is 570 g/mol. The Labute approximate surface area is 239 Å². The topological polar surface area (TPSA) is 117 Å². The molecule has 0 spiro atoms. The van der Waals surface area contributed by atoms with Crippen LogP contribution < -0.4 is 19.8 Å². The lowest BCUT2D eigenvalue weighted by molar-refractivity contribution is -0.119. The first-order valence-electron chi connectivity index (χ1n) is 12.8. The summed E-state index contributed by atoms with van der Waals surface area (Å²) in [6.45, 7) is 3.15. The van der Waals surface area contributed by atoms with Crippen LogP contribution in [0, 0.1) is 13.8 Å². The number of hydrogen-bond donors (Lipinski definition) is 2. The third-order valence-corrected chi connectivity index (χ3v) is 7.72. The predicted molar refractivity (Wildman–Crippen MR) is 160 cm³/mol. The van der Waals surface area contributed by atoms with Crippen molar-refractivity contribution in [2.45, 2.75) is 18.7 Å². The maximum Gasteiger partial charge on any atom is 0.264 e. The van der Waals surface area contributed by atoms with Crippen molar-refractivity contribution < 1.29 is 22.7 Å². The highest BCUT2D eigenvalue weighted by molar-refractivity contribution is 7.92. The number of nitrogens with one attached hydrogen (secondary N) is 2. The molecule has 9 nitrogen and oxygen atoms in total. The number of sulfonamides is 1. The van der Waals surface area contributed by atoms with E-state index in [9.17, 15) is 18.0 Å². The van der Waals surface area contributed by atoms with E-state index in [2.05, 4.69) is 15.8 Å². The highest BCUT2D eigenvalue weighted by Gasteiger charge is 2.27. The SMILES string of the molecule is Cc1ccc(N(CC(=O)N/N=C\c2ccc(OCC(=O)Nc3ccccc3)cc2)S(=O)(=O)c2ccc(C)cc2)cc1. The Balaban J connectivity index is 1.35. The van der Waals surface area contributed by atoms with Gasteiger partial charge in [0, 0.05) is 5.69 Å². The Morgan fingerprint density at radius 3 is 2.05 bits per heavy atom. The summed E-state index contributed by atoms with van der Waals surface area (Å²) in [5.74, 6) is -0.403. The minimum absolute atomic E-state index is 0.0832. The van der Waals surface area contributed by atoms with Crippen LogP contribution in [0.3, 0.4) is 0 Å². The third-order valence-electron chi connectivity index (χ3n) is 5.93. The van der Waals surface area contributed by atoms with Gasteiger partial charge in [-0.25, -0.2) is 13.8 Å². The fourth-order valence-electron chi connectivity index (χ4n) is 3.73. The second-order valence-corrected chi connectivity index (χ2v) is 11.1. The third kappa shape index (κ3) is 8.26. The smallest absolute Gasteiger partial charge is 0.264 e. The Kier molecular flexibility index (Phi) is 9.49. The molecule has 0 bridgehead atoms. The van der Waals surface area contributed by atoms with Crippen LogP contribution in [-0.4, -0.2) is 39.6 Å². The summed E-state index contributed by atoms with van der Waals surface area (Å²) in [6, 6.07) is 29.2. The van der Waals surface area contributed by atoms with Crippen LogP contribution in [0.2, 0.25) is 0 Å². The van der Waals surface area contributed by atoms with Crippen LogP contribution in [0.4, 0.5) is 11.4 Å². The van der Waals surface area contributed by atoms with Gasteiger partial charge >= 0.3 is 0 Å². The predicted octanol–water partition coefficient (Wildman–Crippen LogP) is 4.67. The van der Waals surface area contributed by atoms with Gasteiger partial charge in [0.15, 0.2) is 6.61 Å². The largest absolute Gasteiger partial charge is 0.484 e. The van der Waals surface area contributed by atoms with Crippen molar-refractivity contribution in [3.63, 3.8) is 0 Å². The first-order chi connectivity index (χ1) is 19.7. The van der Waals surface area contributed by atoms with Gasteiger partial charge in [0.2, 0.25) is 0 Å². The fraction of sp³-hybridized carbons (Fsp3) is 0.129. The van der Waals surface area contributed by atoms with Crippen molar-refractivity contribution in [1.82, 2.24) is 5.43 Å². The number of ether oxygens (including phenoxy) is 1. The molecule has 0 heterocycles. The average Bonchev–Trinajstić information content (AvgIpc) is 2.97. The molecule has 4 aromatic rings. The molecule has 0 aliphatic carbocycles. The molecule has 4 rings (SSSR count). The van der Waals surface area contributed by atoms with Crippen molar-refractivity contribution in [3.05, 3.63) is 120 Å². The molecule has 41 heavy (non-hydrogen) atoms. The second-order valence-electron chi connectivity index (χ2n) is 9.23. The van der Waals surface area contributed by atoms with Gasteiger partial charge in [-0.2, -0.15) is 5.10 Å². The van der Waals surface area contributed by atoms with Gasteiger partial charge in [0.1, 0.15) is 12.3 Å². The molecule has 0 saturated carbocycles. The molecule has 10 heteroatoms.